The Morgan fingerprint density at radius 1 is 1.75 bits per heavy atom. The molecule has 0 heterocycles. The van der Waals surface area contributed by atoms with Gasteiger partial charge in [-0.25, -0.2) is 5.53 Å². The first-order chi connectivity index (χ1) is 3.81. The zero-order valence-corrected chi connectivity index (χ0v) is 5.09. The Bertz CT molecular complexity index is 65.4. The highest BCUT2D eigenvalue weighted by Crippen LogP contribution is 1.94. The minimum atomic E-state index is -0.391. The Morgan fingerprint density at radius 3 is 2.75 bits per heavy atom. The van der Waals surface area contributed by atoms with Gasteiger partial charge in [-0.3, -0.25) is 0 Å². The van der Waals surface area contributed by atoms with Gasteiger partial charge in [-0.2, -0.15) is 5.11 Å². The van der Waals surface area contributed by atoms with Gasteiger partial charge in [0.05, 0.1) is 12.6 Å². The topological polar surface area (TPSA) is 56.4 Å². The number of nitrogens with one attached hydrogen (secondary N) is 1. The maximum atomic E-state index is 8.84. The van der Waals surface area contributed by atoms with E-state index in [1.54, 1.807) is 0 Å². The van der Waals surface area contributed by atoms with E-state index in [1.165, 1.54) is 0 Å². The number of rotatable bonds is 4. The highest BCUT2D eigenvalue weighted by molar-refractivity contribution is 4.53. The van der Waals surface area contributed by atoms with Crippen LogP contribution < -0.4 is 0 Å². The van der Waals surface area contributed by atoms with Crippen LogP contribution in [0.5, 0.6) is 0 Å². The maximum absolute atomic E-state index is 8.84. The Balaban J connectivity index is 3.03. The van der Waals surface area contributed by atoms with E-state index in [-0.39, 0.29) is 6.54 Å². The third-order valence-corrected chi connectivity index (χ3v) is 0.924. The fourth-order valence-corrected chi connectivity index (χ4v) is 0.530. The van der Waals surface area contributed by atoms with Crippen LogP contribution in [-0.2, 0) is 0 Å². The lowest BCUT2D eigenvalue weighted by Crippen LogP contribution is -2.08. The van der Waals surface area contributed by atoms with Crippen LogP contribution in [0.15, 0.2) is 5.11 Å². The molecule has 0 aliphatic heterocycles. The van der Waals surface area contributed by atoms with E-state index in [0.29, 0.717) is 0 Å². The van der Waals surface area contributed by atoms with E-state index in [4.69, 9.17) is 10.6 Å². The Kier molecular flexibility index (Phi) is 4.45. The van der Waals surface area contributed by atoms with Gasteiger partial charge in [-0.05, 0) is 6.42 Å². The van der Waals surface area contributed by atoms with Crippen molar-refractivity contribution in [3.63, 3.8) is 0 Å². The highest BCUT2D eigenvalue weighted by Gasteiger charge is 1.98. The first-order valence-corrected chi connectivity index (χ1v) is 2.82. The molecular weight excluding hydrogens is 104 g/mol. The fourth-order valence-electron chi connectivity index (χ4n) is 0.530. The van der Waals surface area contributed by atoms with E-state index < -0.39 is 6.10 Å². The van der Waals surface area contributed by atoms with E-state index in [2.05, 4.69) is 5.11 Å². The van der Waals surface area contributed by atoms with Gasteiger partial charge in [0.15, 0.2) is 0 Å². The number of nitrogens with zero attached hydrogens (tertiary/aromatic N) is 1. The zero-order chi connectivity index (χ0) is 6.41. The lowest BCUT2D eigenvalue weighted by molar-refractivity contribution is 0.170. The minimum absolute atomic E-state index is 0.258. The molecule has 0 aromatic carbocycles. The molecule has 0 bridgehead atoms. The summed E-state index contributed by atoms with van der Waals surface area (Å²) in [4.78, 5) is 0. The van der Waals surface area contributed by atoms with Crippen molar-refractivity contribution in [3.05, 3.63) is 0 Å². The van der Waals surface area contributed by atoms with Crippen molar-refractivity contribution in [2.75, 3.05) is 6.54 Å². The molecule has 0 amide bonds. The van der Waals surface area contributed by atoms with Crippen LogP contribution in [0.2, 0.25) is 0 Å². The van der Waals surface area contributed by atoms with Gasteiger partial charge in [-0.15, -0.1) is 0 Å². The quantitative estimate of drug-likeness (QED) is 0.532. The van der Waals surface area contributed by atoms with E-state index in [9.17, 15) is 0 Å². The fraction of sp³-hybridized carbons (Fsp3) is 1.00. The van der Waals surface area contributed by atoms with Crippen molar-refractivity contribution >= 4 is 0 Å². The van der Waals surface area contributed by atoms with Crippen LogP contribution in [0, 0.1) is 5.53 Å². The van der Waals surface area contributed by atoms with E-state index in [0.717, 1.165) is 12.8 Å². The molecule has 3 nitrogen and oxygen atoms in total. The maximum Gasteiger partial charge on any atom is 0.0855 e. The molecule has 0 fully saturated rings. The number of aliphatic hydroxyl groups is 1. The van der Waals surface area contributed by atoms with Gasteiger partial charge in [0, 0.05) is 0 Å². The Hall–Kier alpha value is -0.440. The van der Waals surface area contributed by atoms with Crippen molar-refractivity contribution in [3.8, 4) is 0 Å². The molecule has 3 heteroatoms. The number of hydrogen-bond acceptors (Lipinski definition) is 3. The molecule has 1 atom stereocenters. The molecule has 0 aliphatic rings. The molecule has 48 valence electrons. The lowest BCUT2D eigenvalue weighted by atomic mass is 10.2. The molecule has 0 aliphatic carbocycles. The summed E-state index contributed by atoms with van der Waals surface area (Å²) in [5, 5.41) is 11.9. The molecule has 0 radical (unpaired) electrons. The lowest BCUT2D eigenvalue weighted by Gasteiger charge is -2.01. The summed E-state index contributed by atoms with van der Waals surface area (Å²) < 4.78 is 0. The SMILES string of the molecule is CCCC(O)CN=N. The van der Waals surface area contributed by atoms with Crippen LogP contribution in [0.3, 0.4) is 0 Å². The summed E-state index contributed by atoms with van der Waals surface area (Å²) in [6.07, 6.45) is 1.32. The van der Waals surface area contributed by atoms with Crippen LogP contribution in [0.25, 0.3) is 0 Å². The first kappa shape index (κ1) is 7.56. The summed E-state index contributed by atoms with van der Waals surface area (Å²) >= 11 is 0. The van der Waals surface area contributed by atoms with Crippen LogP contribution in [0.4, 0.5) is 0 Å². The second-order valence-corrected chi connectivity index (χ2v) is 1.78. The van der Waals surface area contributed by atoms with Gasteiger partial charge < -0.3 is 5.11 Å². The number of aliphatic hydroxyl groups excluding tert-OH is 1. The Labute approximate surface area is 49.2 Å². The largest absolute Gasteiger partial charge is 0.391 e. The van der Waals surface area contributed by atoms with Gasteiger partial charge in [0.2, 0.25) is 0 Å². The Morgan fingerprint density at radius 2 is 2.38 bits per heavy atom. The van der Waals surface area contributed by atoms with Crippen LogP contribution in [-0.4, -0.2) is 17.8 Å². The second kappa shape index (κ2) is 4.71. The summed E-state index contributed by atoms with van der Waals surface area (Å²) in [6.45, 7) is 2.25. The van der Waals surface area contributed by atoms with Crippen molar-refractivity contribution in [1.82, 2.24) is 0 Å². The molecule has 0 aromatic rings. The first-order valence-electron chi connectivity index (χ1n) is 2.82. The van der Waals surface area contributed by atoms with Gasteiger partial charge in [0.1, 0.15) is 0 Å². The third kappa shape index (κ3) is 3.74. The van der Waals surface area contributed by atoms with E-state index >= 15 is 0 Å². The molecule has 8 heavy (non-hydrogen) atoms. The molecule has 0 spiro atoms. The summed E-state index contributed by atoms with van der Waals surface area (Å²) in [7, 11) is 0. The van der Waals surface area contributed by atoms with Crippen molar-refractivity contribution < 1.29 is 5.11 Å². The summed E-state index contributed by atoms with van der Waals surface area (Å²) in [5.74, 6) is 0. The standard InChI is InChI=1S/C5H12N2O/c1-2-3-5(8)4-7-6/h5-6,8H,2-4H2,1H3. The predicted molar refractivity (Wildman–Crippen MR) is 30.9 cm³/mol. The molecule has 0 saturated carbocycles. The normalized spacial score (nSPS) is 13.2. The van der Waals surface area contributed by atoms with Crippen molar-refractivity contribution in [2.24, 2.45) is 5.11 Å². The smallest absolute Gasteiger partial charge is 0.0855 e. The monoisotopic (exact) mass is 116 g/mol. The molecule has 0 rings (SSSR count). The third-order valence-electron chi connectivity index (χ3n) is 0.924. The average Bonchev–Trinajstić information content (AvgIpc) is 1.68. The molecule has 2 N–H and O–H groups in total. The van der Waals surface area contributed by atoms with Gasteiger partial charge in [0.25, 0.3) is 0 Å². The molecule has 0 saturated heterocycles. The highest BCUT2D eigenvalue weighted by atomic mass is 16.3. The minimum Gasteiger partial charge on any atom is -0.391 e. The molecule has 1 unspecified atom stereocenters. The predicted octanol–water partition coefficient (Wildman–Crippen LogP) is 1.18. The number of hydrogen-bond donors (Lipinski definition) is 2. The van der Waals surface area contributed by atoms with Crippen molar-refractivity contribution in [1.29, 1.82) is 5.53 Å². The summed E-state index contributed by atoms with van der Waals surface area (Å²) in [6, 6.07) is 0. The molecular formula is C5H12N2O. The van der Waals surface area contributed by atoms with Gasteiger partial charge in [-0.1, -0.05) is 13.3 Å². The van der Waals surface area contributed by atoms with E-state index in [1.807, 2.05) is 6.92 Å². The molecule has 0 aromatic heterocycles. The second-order valence-electron chi connectivity index (χ2n) is 1.78. The van der Waals surface area contributed by atoms with Crippen molar-refractivity contribution in [2.45, 2.75) is 25.9 Å². The average molecular weight is 116 g/mol. The van der Waals surface area contributed by atoms with Crippen LogP contribution in [0.1, 0.15) is 19.8 Å². The van der Waals surface area contributed by atoms with Crippen LogP contribution >= 0.6 is 0 Å². The van der Waals surface area contributed by atoms with Gasteiger partial charge >= 0.3 is 0 Å². The summed E-state index contributed by atoms with van der Waals surface area (Å²) in [5.41, 5.74) is 6.38. The zero-order valence-electron chi connectivity index (χ0n) is 5.09.